The largest absolute Gasteiger partial charge is 0.394 e. The van der Waals surface area contributed by atoms with Gasteiger partial charge in [0.25, 0.3) is 0 Å². The van der Waals surface area contributed by atoms with Crippen LogP contribution < -0.4 is 5.32 Å². The van der Waals surface area contributed by atoms with E-state index in [2.05, 4.69) is 17.4 Å². The Morgan fingerprint density at radius 3 is 2.94 bits per heavy atom. The molecule has 1 heterocycles. The summed E-state index contributed by atoms with van der Waals surface area (Å²) in [5.74, 6) is 0. The lowest BCUT2D eigenvalue weighted by Crippen LogP contribution is -2.53. The summed E-state index contributed by atoms with van der Waals surface area (Å²) in [6, 6.07) is 10.1. The van der Waals surface area contributed by atoms with Gasteiger partial charge in [-0.3, -0.25) is 0 Å². The first-order chi connectivity index (χ1) is 8.81. The third kappa shape index (κ3) is 3.41. The number of benzene rings is 1. The van der Waals surface area contributed by atoms with Crippen LogP contribution in [0.25, 0.3) is 0 Å². The molecule has 98 valence electrons. The molecule has 1 saturated heterocycles. The van der Waals surface area contributed by atoms with Gasteiger partial charge < -0.3 is 20.1 Å². The minimum atomic E-state index is -0.0328. The molecule has 1 atom stereocenters. The van der Waals surface area contributed by atoms with Crippen LogP contribution in [0.15, 0.2) is 30.3 Å². The van der Waals surface area contributed by atoms with Crippen LogP contribution in [0.5, 0.6) is 0 Å². The second kappa shape index (κ2) is 6.68. The molecule has 1 aliphatic heterocycles. The zero-order valence-corrected chi connectivity index (χ0v) is 11.0. The fourth-order valence-corrected chi connectivity index (χ4v) is 2.26. The number of aliphatic hydroxyl groups excluding tert-OH is 1. The van der Waals surface area contributed by atoms with E-state index < -0.39 is 0 Å². The van der Waals surface area contributed by atoms with Gasteiger partial charge in [0.1, 0.15) is 0 Å². The van der Waals surface area contributed by atoms with Crippen molar-refractivity contribution in [2.75, 3.05) is 26.4 Å². The minimum absolute atomic E-state index is 0.0328. The van der Waals surface area contributed by atoms with Gasteiger partial charge in [-0.15, -0.1) is 0 Å². The van der Waals surface area contributed by atoms with Crippen LogP contribution in [0.4, 0.5) is 0 Å². The lowest BCUT2D eigenvalue weighted by atomic mass is 10.2. The van der Waals surface area contributed by atoms with Crippen molar-refractivity contribution >= 4 is 17.3 Å². The minimum Gasteiger partial charge on any atom is -0.394 e. The van der Waals surface area contributed by atoms with Crippen LogP contribution in [0.1, 0.15) is 5.56 Å². The molecule has 0 saturated carbocycles. The average Bonchev–Trinajstić information content (AvgIpc) is 2.45. The second-order valence-corrected chi connectivity index (χ2v) is 4.64. The molecule has 1 fully saturated rings. The Balaban J connectivity index is 1.87. The van der Waals surface area contributed by atoms with E-state index >= 15 is 0 Å². The molecular formula is C13H18N2O2S. The zero-order chi connectivity index (χ0) is 12.8. The molecule has 0 aromatic heterocycles. The predicted molar refractivity (Wildman–Crippen MR) is 74.3 cm³/mol. The molecule has 2 rings (SSSR count). The summed E-state index contributed by atoms with van der Waals surface area (Å²) in [5, 5.41) is 13.2. The fraction of sp³-hybridized carbons (Fsp3) is 0.462. The van der Waals surface area contributed by atoms with Crippen molar-refractivity contribution in [1.29, 1.82) is 0 Å². The van der Waals surface area contributed by atoms with Gasteiger partial charge in [0.2, 0.25) is 0 Å². The number of hydrogen-bond acceptors (Lipinski definition) is 3. The number of nitrogens with zero attached hydrogens (tertiary/aromatic N) is 1. The Bertz CT molecular complexity index is 386. The topological polar surface area (TPSA) is 44.7 Å². The standard InChI is InChI=1S/C13H18N2O2S/c16-9-12-10-17-7-6-15(12)13(18)14-8-11-4-2-1-3-5-11/h1-5,12,16H,6-10H2,(H,14,18). The molecule has 1 aliphatic rings. The first kappa shape index (κ1) is 13.3. The van der Waals surface area contributed by atoms with Crippen molar-refractivity contribution in [1.82, 2.24) is 10.2 Å². The SMILES string of the molecule is OCC1COCCN1C(=S)NCc1ccccc1. The molecule has 1 aromatic carbocycles. The first-order valence-electron chi connectivity index (χ1n) is 6.08. The van der Waals surface area contributed by atoms with E-state index in [1.165, 1.54) is 5.56 Å². The number of nitrogens with one attached hydrogen (secondary N) is 1. The normalized spacial score (nSPS) is 19.6. The van der Waals surface area contributed by atoms with Crippen molar-refractivity contribution in [2.45, 2.75) is 12.6 Å². The van der Waals surface area contributed by atoms with Crippen molar-refractivity contribution < 1.29 is 9.84 Å². The fourth-order valence-electron chi connectivity index (χ4n) is 1.95. The predicted octanol–water partition coefficient (Wildman–Crippen LogP) is 0.754. The lowest BCUT2D eigenvalue weighted by Gasteiger charge is -2.36. The first-order valence-corrected chi connectivity index (χ1v) is 6.49. The quantitative estimate of drug-likeness (QED) is 0.791. The van der Waals surface area contributed by atoms with E-state index in [1.54, 1.807) is 0 Å². The van der Waals surface area contributed by atoms with Gasteiger partial charge in [-0.2, -0.15) is 0 Å². The van der Waals surface area contributed by atoms with Crippen LogP contribution in [0.2, 0.25) is 0 Å². The van der Waals surface area contributed by atoms with Crippen LogP contribution >= 0.6 is 12.2 Å². The van der Waals surface area contributed by atoms with Crippen molar-refractivity contribution in [3.63, 3.8) is 0 Å². The maximum absolute atomic E-state index is 9.29. The molecule has 0 spiro atoms. The number of morpholine rings is 1. The number of thiocarbonyl (C=S) groups is 1. The van der Waals surface area contributed by atoms with Crippen LogP contribution in [-0.4, -0.2) is 47.5 Å². The lowest BCUT2D eigenvalue weighted by molar-refractivity contribution is 0.00443. The number of aliphatic hydroxyl groups is 1. The van der Waals surface area contributed by atoms with Gasteiger partial charge in [0.15, 0.2) is 5.11 Å². The van der Waals surface area contributed by atoms with Crippen molar-refractivity contribution in [3.8, 4) is 0 Å². The van der Waals surface area contributed by atoms with Crippen molar-refractivity contribution in [3.05, 3.63) is 35.9 Å². The highest BCUT2D eigenvalue weighted by Gasteiger charge is 2.24. The maximum atomic E-state index is 9.29. The molecule has 4 nitrogen and oxygen atoms in total. The highest BCUT2D eigenvalue weighted by atomic mass is 32.1. The van der Waals surface area contributed by atoms with Crippen LogP contribution in [-0.2, 0) is 11.3 Å². The molecule has 0 amide bonds. The van der Waals surface area contributed by atoms with E-state index in [4.69, 9.17) is 17.0 Å². The zero-order valence-electron chi connectivity index (χ0n) is 10.2. The summed E-state index contributed by atoms with van der Waals surface area (Å²) in [7, 11) is 0. The Labute approximate surface area is 113 Å². The smallest absolute Gasteiger partial charge is 0.169 e. The maximum Gasteiger partial charge on any atom is 0.169 e. The van der Waals surface area contributed by atoms with E-state index in [9.17, 15) is 5.11 Å². The Kier molecular flexibility index (Phi) is 4.92. The average molecular weight is 266 g/mol. The third-order valence-corrected chi connectivity index (χ3v) is 3.36. The molecule has 5 heteroatoms. The molecule has 0 aliphatic carbocycles. The summed E-state index contributed by atoms with van der Waals surface area (Å²) in [4.78, 5) is 2.00. The summed E-state index contributed by atoms with van der Waals surface area (Å²) >= 11 is 5.36. The van der Waals surface area contributed by atoms with E-state index in [0.717, 1.165) is 6.54 Å². The molecule has 0 bridgehead atoms. The van der Waals surface area contributed by atoms with E-state index in [-0.39, 0.29) is 12.6 Å². The highest BCUT2D eigenvalue weighted by molar-refractivity contribution is 7.80. The van der Waals surface area contributed by atoms with Crippen molar-refractivity contribution in [2.24, 2.45) is 0 Å². The summed E-state index contributed by atoms with van der Waals surface area (Å²) < 4.78 is 5.33. The molecular weight excluding hydrogens is 248 g/mol. The monoisotopic (exact) mass is 266 g/mol. The summed E-state index contributed by atoms with van der Waals surface area (Å²) in [5.41, 5.74) is 1.19. The van der Waals surface area contributed by atoms with Crippen LogP contribution in [0.3, 0.4) is 0 Å². The number of rotatable bonds is 3. The summed E-state index contributed by atoms with van der Waals surface area (Å²) in [6.45, 7) is 2.68. The Morgan fingerprint density at radius 2 is 2.22 bits per heavy atom. The van der Waals surface area contributed by atoms with Gasteiger partial charge >= 0.3 is 0 Å². The van der Waals surface area contributed by atoms with E-state index in [1.807, 2.05) is 23.1 Å². The van der Waals surface area contributed by atoms with Gasteiger partial charge in [-0.1, -0.05) is 30.3 Å². The van der Waals surface area contributed by atoms with Gasteiger partial charge in [-0.05, 0) is 17.8 Å². The Morgan fingerprint density at radius 1 is 1.44 bits per heavy atom. The molecule has 18 heavy (non-hydrogen) atoms. The molecule has 1 unspecified atom stereocenters. The number of ether oxygens (including phenoxy) is 1. The number of hydrogen-bond donors (Lipinski definition) is 2. The molecule has 2 N–H and O–H groups in total. The molecule has 0 radical (unpaired) electrons. The van der Waals surface area contributed by atoms with Gasteiger partial charge in [-0.25, -0.2) is 0 Å². The van der Waals surface area contributed by atoms with Gasteiger partial charge in [0.05, 0.1) is 25.9 Å². The molecule has 1 aromatic rings. The van der Waals surface area contributed by atoms with Crippen LogP contribution in [0, 0.1) is 0 Å². The Hall–Kier alpha value is -1.17. The summed E-state index contributed by atoms with van der Waals surface area (Å²) in [6.07, 6.45) is 0. The van der Waals surface area contributed by atoms with E-state index in [0.29, 0.717) is 24.9 Å². The highest BCUT2D eigenvalue weighted by Crippen LogP contribution is 2.07. The third-order valence-electron chi connectivity index (χ3n) is 2.99. The van der Waals surface area contributed by atoms with Gasteiger partial charge in [0, 0.05) is 13.1 Å². The second-order valence-electron chi connectivity index (χ2n) is 4.25.